The van der Waals surface area contributed by atoms with Crippen molar-refractivity contribution in [3.63, 3.8) is 0 Å². The molecule has 1 aliphatic rings. The molecular weight excluding hydrogens is 244 g/mol. The quantitative estimate of drug-likeness (QED) is 0.403. The van der Waals surface area contributed by atoms with Gasteiger partial charge in [0.25, 0.3) is 10.1 Å². The minimum Gasteiger partial charge on any atom is -0.388 e. The molecule has 0 amide bonds. The number of aliphatic hydroxyl groups excluding tert-OH is 3. The van der Waals surface area contributed by atoms with E-state index in [4.69, 9.17) is 9.29 Å². The number of methoxy groups -OCH3 is 1. The second-order valence-electron chi connectivity index (χ2n) is 3.50. The summed E-state index contributed by atoms with van der Waals surface area (Å²) in [5.41, 5.74) is 0. The first-order valence-corrected chi connectivity index (χ1v) is 6.05. The molecule has 1 rings (SSSR count). The molecule has 1 aliphatic heterocycles. The van der Waals surface area contributed by atoms with Crippen molar-refractivity contribution < 1.29 is 37.8 Å². The SMILES string of the molecule is COC1OC(CS(=O)(=O)O)C(O)C(O)C1O. The summed E-state index contributed by atoms with van der Waals surface area (Å²) in [6, 6.07) is 0. The summed E-state index contributed by atoms with van der Waals surface area (Å²) in [4.78, 5) is 0. The molecule has 4 N–H and O–H groups in total. The summed E-state index contributed by atoms with van der Waals surface area (Å²) in [6.07, 6.45) is -7.34. The predicted octanol–water partition coefficient (Wildman–Crippen LogP) is -2.67. The molecule has 0 spiro atoms. The molecule has 0 aromatic carbocycles. The normalized spacial score (nSPS) is 40.9. The molecule has 96 valence electrons. The van der Waals surface area contributed by atoms with Crippen LogP contribution in [0.4, 0.5) is 0 Å². The van der Waals surface area contributed by atoms with Crippen molar-refractivity contribution in [2.24, 2.45) is 0 Å². The van der Waals surface area contributed by atoms with Crippen molar-refractivity contribution in [2.45, 2.75) is 30.7 Å². The Bertz CT molecular complexity index is 325. The van der Waals surface area contributed by atoms with E-state index in [1.807, 2.05) is 0 Å². The van der Waals surface area contributed by atoms with Gasteiger partial charge in [0.1, 0.15) is 30.2 Å². The largest absolute Gasteiger partial charge is 0.388 e. The fourth-order valence-corrected chi connectivity index (χ4v) is 2.15. The first-order valence-electron chi connectivity index (χ1n) is 4.44. The highest BCUT2D eigenvalue weighted by atomic mass is 32.2. The van der Waals surface area contributed by atoms with Gasteiger partial charge in [-0.25, -0.2) is 0 Å². The molecule has 0 radical (unpaired) electrons. The van der Waals surface area contributed by atoms with Gasteiger partial charge in [-0.3, -0.25) is 4.55 Å². The number of rotatable bonds is 3. The molecule has 9 heteroatoms. The molecule has 0 bridgehead atoms. The standard InChI is InChI=1S/C7H14O8S/c1-14-7-6(10)5(9)4(8)3(15-7)2-16(11,12)13/h3-10H,2H2,1H3,(H,11,12,13). The highest BCUT2D eigenvalue weighted by Gasteiger charge is 2.45. The van der Waals surface area contributed by atoms with Crippen LogP contribution in [0.3, 0.4) is 0 Å². The van der Waals surface area contributed by atoms with Gasteiger partial charge in [-0.15, -0.1) is 0 Å². The van der Waals surface area contributed by atoms with Crippen LogP contribution in [0.15, 0.2) is 0 Å². The predicted molar refractivity (Wildman–Crippen MR) is 50.1 cm³/mol. The smallest absolute Gasteiger partial charge is 0.267 e. The van der Waals surface area contributed by atoms with Gasteiger partial charge >= 0.3 is 0 Å². The Morgan fingerprint density at radius 1 is 1.19 bits per heavy atom. The number of ether oxygens (including phenoxy) is 2. The highest BCUT2D eigenvalue weighted by Crippen LogP contribution is 2.22. The van der Waals surface area contributed by atoms with Gasteiger partial charge in [0.15, 0.2) is 6.29 Å². The van der Waals surface area contributed by atoms with Crippen LogP contribution >= 0.6 is 0 Å². The van der Waals surface area contributed by atoms with E-state index < -0.39 is 46.6 Å². The molecular formula is C7H14O8S. The van der Waals surface area contributed by atoms with Crippen molar-refractivity contribution in [3.05, 3.63) is 0 Å². The van der Waals surface area contributed by atoms with E-state index >= 15 is 0 Å². The van der Waals surface area contributed by atoms with Crippen LogP contribution in [0.25, 0.3) is 0 Å². The molecule has 16 heavy (non-hydrogen) atoms. The lowest BCUT2D eigenvalue weighted by Gasteiger charge is -2.39. The Kier molecular flexibility index (Phi) is 4.23. The fourth-order valence-electron chi connectivity index (χ4n) is 1.46. The fraction of sp³-hybridized carbons (Fsp3) is 1.00. The zero-order valence-corrected chi connectivity index (χ0v) is 9.24. The van der Waals surface area contributed by atoms with Crippen molar-refractivity contribution in [1.82, 2.24) is 0 Å². The lowest BCUT2D eigenvalue weighted by atomic mass is 10.00. The molecule has 0 aliphatic carbocycles. The average Bonchev–Trinajstić information content (AvgIpc) is 2.17. The third-order valence-corrected chi connectivity index (χ3v) is 3.03. The highest BCUT2D eigenvalue weighted by molar-refractivity contribution is 7.85. The summed E-state index contributed by atoms with van der Waals surface area (Å²) in [5.74, 6) is -0.891. The summed E-state index contributed by atoms with van der Waals surface area (Å²) in [7, 11) is -3.18. The van der Waals surface area contributed by atoms with E-state index in [9.17, 15) is 23.7 Å². The molecule has 0 aromatic heterocycles. The topological polar surface area (TPSA) is 134 Å². The van der Waals surface area contributed by atoms with Crippen LogP contribution in [-0.4, -0.2) is 71.9 Å². The van der Waals surface area contributed by atoms with E-state index in [2.05, 4.69) is 4.74 Å². The van der Waals surface area contributed by atoms with Gasteiger partial charge in [-0.2, -0.15) is 8.42 Å². The second-order valence-corrected chi connectivity index (χ2v) is 5.00. The van der Waals surface area contributed by atoms with Crippen molar-refractivity contribution >= 4 is 10.1 Å². The molecule has 0 saturated carbocycles. The number of aliphatic hydroxyl groups is 3. The zero-order chi connectivity index (χ0) is 12.5. The van der Waals surface area contributed by atoms with Crippen molar-refractivity contribution in [2.75, 3.05) is 12.9 Å². The van der Waals surface area contributed by atoms with E-state index in [0.717, 1.165) is 0 Å². The summed E-state index contributed by atoms with van der Waals surface area (Å²) in [5, 5.41) is 28.1. The Labute approximate surface area is 92.2 Å². The van der Waals surface area contributed by atoms with Crippen LogP contribution in [0.2, 0.25) is 0 Å². The maximum absolute atomic E-state index is 10.6. The zero-order valence-electron chi connectivity index (χ0n) is 8.42. The Morgan fingerprint density at radius 3 is 2.19 bits per heavy atom. The Balaban J connectivity index is 2.79. The van der Waals surface area contributed by atoms with Gasteiger partial charge < -0.3 is 24.8 Å². The monoisotopic (exact) mass is 258 g/mol. The maximum atomic E-state index is 10.6. The van der Waals surface area contributed by atoms with Crippen molar-refractivity contribution in [1.29, 1.82) is 0 Å². The van der Waals surface area contributed by atoms with Crippen molar-refractivity contribution in [3.8, 4) is 0 Å². The minimum absolute atomic E-state index is 0.891. The maximum Gasteiger partial charge on any atom is 0.267 e. The molecule has 1 saturated heterocycles. The third kappa shape index (κ3) is 3.10. The first-order chi connectivity index (χ1) is 7.26. The van der Waals surface area contributed by atoms with Crippen LogP contribution < -0.4 is 0 Å². The van der Waals surface area contributed by atoms with Gasteiger partial charge in [0, 0.05) is 7.11 Å². The summed E-state index contributed by atoms with van der Waals surface area (Å²) < 4.78 is 39.3. The summed E-state index contributed by atoms with van der Waals surface area (Å²) >= 11 is 0. The van der Waals surface area contributed by atoms with E-state index in [0.29, 0.717) is 0 Å². The second kappa shape index (κ2) is 4.92. The molecule has 8 nitrogen and oxygen atoms in total. The molecule has 0 aromatic rings. The summed E-state index contributed by atoms with van der Waals surface area (Å²) in [6.45, 7) is 0. The molecule has 1 fully saturated rings. The minimum atomic E-state index is -4.36. The number of hydrogen-bond acceptors (Lipinski definition) is 7. The number of hydrogen-bond donors (Lipinski definition) is 4. The van der Waals surface area contributed by atoms with Crippen LogP contribution in [0.5, 0.6) is 0 Å². The Hall–Kier alpha value is -0.290. The van der Waals surface area contributed by atoms with Crippen LogP contribution in [0, 0.1) is 0 Å². The lowest BCUT2D eigenvalue weighted by molar-refractivity contribution is -0.285. The van der Waals surface area contributed by atoms with Gasteiger partial charge in [-0.05, 0) is 0 Å². The lowest BCUT2D eigenvalue weighted by Crippen LogP contribution is -2.59. The van der Waals surface area contributed by atoms with E-state index in [-0.39, 0.29) is 0 Å². The molecule has 1 heterocycles. The Morgan fingerprint density at radius 2 is 1.75 bits per heavy atom. The van der Waals surface area contributed by atoms with Crippen LogP contribution in [-0.2, 0) is 19.6 Å². The van der Waals surface area contributed by atoms with Gasteiger partial charge in [0.2, 0.25) is 0 Å². The van der Waals surface area contributed by atoms with Gasteiger partial charge in [-0.1, -0.05) is 0 Å². The van der Waals surface area contributed by atoms with Crippen LogP contribution in [0.1, 0.15) is 0 Å². The molecule has 5 unspecified atom stereocenters. The third-order valence-electron chi connectivity index (χ3n) is 2.28. The van der Waals surface area contributed by atoms with E-state index in [1.165, 1.54) is 7.11 Å². The average molecular weight is 258 g/mol. The first kappa shape index (κ1) is 13.8. The molecule has 5 atom stereocenters. The van der Waals surface area contributed by atoms with E-state index in [1.54, 1.807) is 0 Å². The van der Waals surface area contributed by atoms with Gasteiger partial charge in [0.05, 0.1) is 0 Å².